The molecule has 1 aromatic carbocycles. The largest absolute Gasteiger partial charge is 0.340 e. The van der Waals surface area contributed by atoms with Crippen molar-refractivity contribution in [1.82, 2.24) is 19.4 Å². The number of likely N-dealkylation sites (tertiary alicyclic amines) is 1. The molecule has 128 heavy (non-hydrogen) atoms. The summed E-state index contributed by atoms with van der Waals surface area (Å²) in [7, 11) is 1.99. The predicted molar refractivity (Wildman–Crippen MR) is 532 cm³/mol. The molecule has 0 bridgehead atoms. The minimum absolute atomic E-state index is 0.182. The van der Waals surface area contributed by atoms with Crippen molar-refractivity contribution in [3.63, 3.8) is 0 Å². The number of aryl methyl sites for hydroxylation is 1. The van der Waals surface area contributed by atoms with E-state index in [1.165, 1.54) is 25.1 Å². The Morgan fingerprint density at radius 1 is 0.227 bits per heavy atom. The van der Waals surface area contributed by atoms with Crippen molar-refractivity contribution < 1.29 is 0 Å². The number of rotatable bonds is 0. The molecule has 0 N–H and O–H groups in total. The zero-order valence-corrected chi connectivity index (χ0v) is 75.9. The van der Waals surface area contributed by atoms with E-state index in [1.54, 1.807) is 0 Å². The SMILES string of the molecule is C#CC#CC#CC#CC#CC#CC#CC#CC#CC#CC#CC#CC#CC#CC#CC#CC#CC#CC#CC#CC#CC#CC#CC#CC#CC#CC#CC#CC#CC#CC#CC#CC#CC#CC#CC#CC#CC#CC#CC#CC#C.CC.CC.CC.CC.CC(C)(C)N1CCC1.CC(C)(C)c1ccccc1.CC(C)(C)c1ccccn1.Cn1cnc(C(C)(C)C)c1. The normalized spacial score (nSPS) is 6.87. The molecule has 4 rings (SSSR count). The van der Waals surface area contributed by atoms with Crippen LogP contribution in [0.15, 0.2) is 67.3 Å². The molecule has 0 amide bonds. The summed E-state index contributed by atoms with van der Waals surface area (Å²) in [6, 6.07) is 16.6. The number of nitrogens with zero attached hydrogens (tertiary/aromatic N) is 4. The maximum atomic E-state index is 4.95. The van der Waals surface area contributed by atoms with Crippen LogP contribution in [0.4, 0.5) is 0 Å². The lowest BCUT2D eigenvalue weighted by Crippen LogP contribution is -2.49. The first-order valence-electron chi connectivity index (χ1n) is 38.3. The van der Waals surface area contributed by atoms with Gasteiger partial charge in [0.15, 0.2) is 0 Å². The minimum atomic E-state index is 0.182. The number of benzene rings is 1. The standard InChI is InChI=1S/C82H2.C10H14.C9H13N.C8H14N2.C7H15N.4C2H6/c1-3-5-7-9-11-13-15-17-19-21-23-25-27-29-31-33-35-37-39-41-43-45-47-49-51-53-55-57-59-61-63-65-67-69-71-73-75-77-79-81-82-80-78-76-74-72-70-68-66-64-62-60-58-56-54-52-50-48-46-44-42-40-38-36-34-32-30-28-26-24-22-20-18-16-14-12-10-8-6-4-2;1-10(2,3)9-7-5-4-6-8-9;1-9(2,3)8-6-4-5-7-10-8;1-8(2,3)7-5-10(4)6-9-7;1-7(2,3)8-5-4-6-8;4*1-2/h1-2H;4-8H,1-3H3;4-7H,1-3H3;5-6H,1-4H3;4-6H2,1-3H3;4*1-2H3. The van der Waals surface area contributed by atoms with Crippen LogP contribution in [0, 0.1) is 486 Å². The van der Waals surface area contributed by atoms with Crippen LogP contribution in [0.25, 0.3) is 0 Å². The lowest BCUT2D eigenvalue weighted by Gasteiger charge is -2.42. The first-order valence-corrected chi connectivity index (χ1v) is 38.3. The van der Waals surface area contributed by atoms with Crippen LogP contribution < -0.4 is 0 Å². The van der Waals surface area contributed by atoms with E-state index in [0.29, 0.717) is 11.0 Å². The highest BCUT2D eigenvalue weighted by atomic mass is 15.2. The maximum Gasteiger partial charge on any atom is 0.0947 e. The van der Waals surface area contributed by atoms with Crippen molar-refractivity contribution in [3.05, 3.63) is 84.2 Å². The van der Waals surface area contributed by atoms with Gasteiger partial charge in [-0.15, -0.1) is 12.8 Å². The number of aromatic nitrogens is 3. The van der Waals surface area contributed by atoms with Gasteiger partial charge in [-0.2, -0.15) is 0 Å². The summed E-state index contributed by atoms with van der Waals surface area (Å²) in [5.74, 6) is 198. The van der Waals surface area contributed by atoms with Gasteiger partial charge in [-0.1, -0.05) is 154 Å². The van der Waals surface area contributed by atoms with E-state index < -0.39 is 0 Å². The van der Waals surface area contributed by atoms with Crippen molar-refractivity contribution in [2.75, 3.05) is 13.1 Å². The number of hydrogen-bond donors (Lipinski definition) is 0. The summed E-state index contributed by atoms with van der Waals surface area (Å²) >= 11 is 0. The molecule has 4 nitrogen and oxygen atoms in total. The van der Waals surface area contributed by atoms with Crippen LogP contribution in [0.2, 0.25) is 0 Å². The molecule has 0 spiro atoms. The Labute approximate surface area is 771 Å². The summed E-state index contributed by atoms with van der Waals surface area (Å²) in [5, 5.41) is 0. The Hall–Kier alpha value is -20.5. The van der Waals surface area contributed by atoms with E-state index in [4.69, 9.17) is 12.8 Å². The highest BCUT2D eigenvalue weighted by Crippen LogP contribution is 2.22. The molecule has 0 radical (unpaired) electrons. The van der Waals surface area contributed by atoms with Crippen molar-refractivity contribution in [3.8, 4) is 486 Å². The van der Waals surface area contributed by atoms with Crippen molar-refractivity contribution in [1.29, 1.82) is 0 Å². The van der Waals surface area contributed by atoms with Crippen LogP contribution in [0.5, 0.6) is 0 Å². The average molecular weight is 1630 g/mol. The maximum absolute atomic E-state index is 4.95. The summed E-state index contributed by atoms with van der Waals surface area (Å²) in [6.07, 6.45) is 17.0. The Kier molecular flexibility index (Phi) is 82.0. The fourth-order valence-electron chi connectivity index (χ4n) is 5.98. The second kappa shape index (κ2) is 90.4. The quantitative estimate of drug-likeness (QED) is 0.210. The molecule has 0 saturated carbocycles. The summed E-state index contributed by atoms with van der Waals surface area (Å²) < 4.78 is 1.97. The van der Waals surface area contributed by atoms with Gasteiger partial charge >= 0.3 is 0 Å². The summed E-state index contributed by atoms with van der Waals surface area (Å²) in [6.45, 7) is 45.1. The first kappa shape index (κ1) is 116. The molecule has 1 aliphatic rings. The van der Waals surface area contributed by atoms with Crippen LogP contribution in [0.3, 0.4) is 0 Å². The van der Waals surface area contributed by atoms with E-state index in [-0.39, 0.29) is 10.8 Å². The highest BCUT2D eigenvalue weighted by Gasteiger charge is 2.25. The molecule has 1 aliphatic heterocycles. The van der Waals surface area contributed by atoms with Crippen LogP contribution >= 0.6 is 0 Å². The molecule has 3 heterocycles. The highest BCUT2D eigenvalue weighted by molar-refractivity contribution is 5.55. The van der Waals surface area contributed by atoms with Gasteiger partial charge in [-0.05, 0) is 158 Å². The Bertz CT molecular complexity index is 6850. The van der Waals surface area contributed by atoms with Gasteiger partial charge in [0.05, 0.1) is 12.0 Å². The Balaban J connectivity index is -0.000000867. The van der Waals surface area contributed by atoms with Gasteiger partial charge in [0.2, 0.25) is 0 Å². The summed E-state index contributed by atoms with van der Waals surface area (Å²) in [4.78, 5) is 11.0. The van der Waals surface area contributed by atoms with E-state index in [9.17, 15) is 0 Å². The minimum Gasteiger partial charge on any atom is -0.340 e. The molecular weight excluding hydrogens is 1550 g/mol. The van der Waals surface area contributed by atoms with E-state index >= 15 is 0 Å². The average Bonchev–Trinajstić information content (AvgIpc) is 1.52. The monoisotopic (exact) mass is 1630 g/mol. The van der Waals surface area contributed by atoms with Gasteiger partial charge in [-0.25, -0.2) is 4.98 Å². The third-order valence-electron chi connectivity index (χ3n) is 11.3. The van der Waals surface area contributed by atoms with Gasteiger partial charge in [-0.3, -0.25) is 9.88 Å². The zero-order chi connectivity index (χ0) is 95.8. The summed E-state index contributed by atoms with van der Waals surface area (Å²) in [5.41, 5.74) is 4.78. The van der Waals surface area contributed by atoms with Crippen molar-refractivity contribution in [2.24, 2.45) is 7.05 Å². The molecule has 1 fully saturated rings. The zero-order valence-electron chi connectivity index (χ0n) is 75.9. The Morgan fingerprint density at radius 2 is 0.406 bits per heavy atom. The number of pyridine rings is 1. The Morgan fingerprint density at radius 3 is 0.492 bits per heavy atom. The van der Waals surface area contributed by atoms with E-state index in [2.05, 4.69) is 614 Å². The third kappa shape index (κ3) is 89.4. The molecule has 3 aromatic rings. The number of hydrogen-bond acceptors (Lipinski definition) is 3. The van der Waals surface area contributed by atoms with Crippen LogP contribution in [-0.4, -0.2) is 38.1 Å². The van der Waals surface area contributed by atoms with E-state index in [1.807, 2.05) is 91.7 Å². The molecule has 0 aliphatic carbocycles. The fraction of sp³-hybridized carbons (Fsp3) is 0.226. The number of imidazole rings is 1. The lowest BCUT2D eigenvalue weighted by molar-refractivity contribution is 0.0690. The molecule has 0 unspecified atom stereocenters. The number of terminal acetylenes is 2. The molecule has 598 valence electrons. The lowest BCUT2D eigenvalue weighted by atomic mass is 9.87. The second-order valence-electron chi connectivity index (χ2n) is 24.3. The third-order valence-corrected chi connectivity index (χ3v) is 11.3. The van der Waals surface area contributed by atoms with Crippen molar-refractivity contribution in [2.45, 2.75) is 167 Å². The van der Waals surface area contributed by atoms with Crippen LogP contribution in [-0.2, 0) is 23.3 Å². The van der Waals surface area contributed by atoms with Crippen molar-refractivity contribution >= 4 is 0 Å². The fourth-order valence-corrected chi connectivity index (χ4v) is 5.98. The first-order chi connectivity index (χ1) is 62.2. The molecule has 1 saturated heterocycles. The van der Waals surface area contributed by atoms with Gasteiger partial charge in [0, 0.05) is 420 Å². The second-order valence-corrected chi connectivity index (χ2v) is 24.3. The predicted octanol–water partition coefficient (Wildman–Crippen LogP) is 13.1. The smallest absolute Gasteiger partial charge is 0.0947 e. The molecule has 2 aromatic heterocycles. The molecule has 4 heteroatoms. The van der Waals surface area contributed by atoms with E-state index in [0.717, 1.165) is 11.4 Å². The van der Waals surface area contributed by atoms with Gasteiger partial charge in [0.25, 0.3) is 0 Å². The van der Waals surface area contributed by atoms with Crippen LogP contribution in [0.1, 0.15) is 162 Å². The molecule has 0 atom stereocenters. The van der Waals surface area contributed by atoms with Gasteiger partial charge in [0.1, 0.15) is 0 Å². The topological polar surface area (TPSA) is 34.0 Å². The molecular formula is C124H82N4. The van der Waals surface area contributed by atoms with Gasteiger partial charge < -0.3 is 4.57 Å².